The first-order chi connectivity index (χ1) is 15.9. The number of hydrogen-bond acceptors (Lipinski definition) is 6. The van der Waals surface area contributed by atoms with E-state index in [0.29, 0.717) is 18.0 Å². The number of fused-ring (bicyclic) bond motifs is 1. The van der Waals surface area contributed by atoms with Gasteiger partial charge in [0.25, 0.3) is 0 Å². The van der Waals surface area contributed by atoms with Gasteiger partial charge in [0.1, 0.15) is 12.4 Å². The lowest BCUT2D eigenvalue weighted by Crippen LogP contribution is -2.58. The fourth-order valence-electron chi connectivity index (χ4n) is 4.59. The SMILES string of the molecule is CN(C)C(Cc1ccc(B(O)O)cc1)C1(NC(=NC#N)N[C@@H]2COc3ccccc3C2)CC1. The zero-order valence-corrected chi connectivity index (χ0v) is 19.0. The minimum absolute atomic E-state index is 0.0190. The highest BCUT2D eigenvalue weighted by Gasteiger charge is 2.51. The van der Waals surface area contributed by atoms with Crippen LogP contribution in [0.15, 0.2) is 53.5 Å². The van der Waals surface area contributed by atoms with Gasteiger partial charge >= 0.3 is 7.12 Å². The van der Waals surface area contributed by atoms with Gasteiger partial charge in [-0.1, -0.05) is 42.5 Å². The molecule has 8 nitrogen and oxygen atoms in total. The molecule has 172 valence electrons. The Morgan fingerprint density at radius 1 is 1.24 bits per heavy atom. The van der Waals surface area contributed by atoms with Crippen LogP contribution < -0.4 is 20.8 Å². The molecule has 2 atom stereocenters. The minimum Gasteiger partial charge on any atom is -0.491 e. The second-order valence-corrected chi connectivity index (χ2v) is 9.10. The van der Waals surface area contributed by atoms with Gasteiger partial charge in [-0.3, -0.25) is 0 Å². The normalized spacial score (nSPS) is 19.6. The Labute approximate surface area is 195 Å². The van der Waals surface area contributed by atoms with Gasteiger partial charge in [0.05, 0.1) is 11.6 Å². The van der Waals surface area contributed by atoms with Crippen molar-refractivity contribution in [3.05, 3.63) is 59.7 Å². The Balaban J connectivity index is 1.45. The van der Waals surface area contributed by atoms with E-state index in [4.69, 9.17) is 4.74 Å². The summed E-state index contributed by atoms with van der Waals surface area (Å²) in [5, 5.41) is 34.9. The maximum absolute atomic E-state index is 9.34. The number of nitriles is 1. The first kappa shape index (κ1) is 23.1. The molecule has 1 aliphatic heterocycles. The second kappa shape index (κ2) is 9.83. The summed E-state index contributed by atoms with van der Waals surface area (Å²) in [5.41, 5.74) is 2.52. The quantitative estimate of drug-likeness (QED) is 0.210. The van der Waals surface area contributed by atoms with E-state index in [2.05, 4.69) is 40.7 Å². The summed E-state index contributed by atoms with van der Waals surface area (Å²) in [5.74, 6) is 1.39. The molecule has 2 aromatic carbocycles. The molecule has 2 aliphatic rings. The average molecular weight is 447 g/mol. The average Bonchev–Trinajstić information content (AvgIpc) is 3.57. The lowest BCUT2D eigenvalue weighted by atomic mass is 9.79. The van der Waals surface area contributed by atoms with Crippen molar-refractivity contribution in [1.82, 2.24) is 15.5 Å². The topological polar surface area (TPSA) is 113 Å². The molecule has 0 amide bonds. The number of aliphatic imine (C=N–C) groups is 1. The van der Waals surface area contributed by atoms with E-state index in [1.54, 1.807) is 12.1 Å². The van der Waals surface area contributed by atoms with Gasteiger partial charge in [-0.05, 0) is 62.4 Å². The van der Waals surface area contributed by atoms with E-state index in [9.17, 15) is 15.3 Å². The molecule has 1 aliphatic carbocycles. The fourth-order valence-corrected chi connectivity index (χ4v) is 4.59. The van der Waals surface area contributed by atoms with Crippen LogP contribution in [-0.2, 0) is 12.8 Å². The van der Waals surface area contributed by atoms with Crippen molar-refractivity contribution >= 4 is 18.5 Å². The molecule has 2 aromatic rings. The monoisotopic (exact) mass is 447 g/mol. The summed E-state index contributed by atoms with van der Waals surface area (Å²) >= 11 is 0. The lowest BCUT2D eigenvalue weighted by molar-refractivity contribution is 0.223. The number of rotatable bonds is 7. The summed E-state index contributed by atoms with van der Waals surface area (Å²) in [6.07, 6.45) is 5.45. The van der Waals surface area contributed by atoms with Crippen LogP contribution in [0.5, 0.6) is 5.75 Å². The molecule has 1 unspecified atom stereocenters. The molecule has 4 N–H and O–H groups in total. The predicted octanol–water partition coefficient (Wildman–Crippen LogP) is 0.392. The van der Waals surface area contributed by atoms with E-state index < -0.39 is 7.12 Å². The highest BCUT2D eigenvalue weighted by molar-refractivity contribution is 6.58. The van der Waals surface area contributed by atoms with E-state index in [-0.39, 0.29) is 17.6 Å². The molecule has 1 saturated carbocycles. The zero-order chi connectivity index (χ0) is 23.4. The molecular weight excluding hydrogens is 417 g/mol. The van der Waals surface area contributed by atoms with E-state index >= 15 is 0 Å². The first-order valence-electron chi connectivity index (χ1n) is 11.2. The third-order valence-corrected chi connectivity index (χ3v) is 6.51. The molecular formula is C24H30BN5O3. The van der Waals surface area contributed by atoms with Crippen molar-refractivity contribution in [3.8, 4) is 11.9 Å². The van der Waals surface area contributed by atoms with Crippen molar-refractivity contribution in [2.45, 2.75) is 43.3 Å². The lowest BCUT2D eigenvalue weighted by Gasteiger charge is -2.35. The van der Waals surface area contributed by atoms with Crippen LogP contribution in [0.25, 0.3) is 0 Å². The van der Waals surface area contributed by atoms with E-state index in [1.807, 2.05) is 36.5 Å². The number of hydrogen-bond donors (Lipinski definition) is 4. The highest BCUT2D eigenvalue weighted by Crippen LogP contribution is 2.41. The number of nitrogens with one attached hydrogen (secondary N) is 2. The van der Waals surface area contributed by atoms with Gasteiger partial charge in [0, 0.05) is 6.04 Å². The van der Waals surface area contributed by atoms with Crippen LogP contribution in [0.1, 0.15) is 24.0 Å². The largest absolute Gasteiger partial charge is 0.491 e. The van der Waals surface area contributed by atoms with Gasteiger partial charge in [-0.15, -0.1) is 4.99 Å². The Kier molecular flexibility index (Phi) is 6.89. The smallest absolute Gasteiger partial charge is 0.488 e. The molecule has 9 heteroatoms. The first-order valence-corrected chi connectivity index (χ1v) is 11.2. The van der Waals surface area contributed by atoms with Crippen molar-refractivity contribution in [3.63, 3.8) is 0 Å². The van der Waals surface area contributed by atoms with Crippen molar-refractivity contribution in [1.29, 1.82) is 5.26 Å². The van der Waals surface area contributed by atoms with E-state index in [1.165, 1.54) is 0 Å². The molecule has 0 spiro atoms. The van der Waals surface area contributed by atoms with Crippen LogP contribution in [0, 0.1) is 11.5 Å². The number of ether oxygens (including phenoxy) is 1. The van der Waals surface area contributed by atoms with Crippen molar-refractivity contribution < 1.29 is 14.8 Å². The number of para-hydroxylation sites is 1. The number of nitrogens with zero attached hydrogens (tertiary/aromatic N) is 3. The summed E-state index contributed by atoms with van der Waals surface area (Å²) in [4.78, 5) is 6.24. The molecule has 4 rings (SSSR count). The summed E-state index contributed by atoms with van der Waals surface area (Å²) in [7, 11) is 2.64. The van der Waals surface area contributed by atoms with Gasteiger partial charge in [-0.25, -0.2) is 0 Å². The Morgan fingerprint density at radius 3 is 2.61 bits per heavy atom. The molecule has 0 saturated heterocycles. The second-order valence-electron chi connectivity index (χ2n) is 9.10. The summed E-state index contributed by atoms with van der Waals surface area (Å²) in [6.45, 7) is 0.510. The molecule has 1 fully saturated rings. The molecule has 1 heterocycles. The minimum atomic E-state index is -1.47. The Hall–Kier alpha value is -3.06. The van der Waals surface area contributed by atoms with Crippen molar-refractivity contribution in [2.75, 3.05) is 20.7 Å². The van der Waals surface area contributed by atoms with Gasteiger partial charge in [-0.2, -0.15) is 5.26 Å². The molecule has 0 bridgehead atoms. The van der Waals surface area contributed by atoms with Crippen LogP contribution in [-0.4, -0.2) is 66.4 Å². The van der Waals surface area contributed by atoms with Crippen molar-refractivity contribution in [2.24, 2.45) is 4.99 Å². The molecule has 0 aromatic heterocycles. The standard InChI is InChI=1S/C24H30BN5O3/c1-30(2)22(13-17-7-9-19(10-8-17)25(31)32)24(11-12-24)29-23(27-16-26)28-20-14-18-5-3-4-6-21(18)33-15-20/h3-10,20,22,31-32H,11-15H2,1-2H3,(H2,27,28,29)/t20-,22?/m0/s1. The summed E-state index contributed by atoms with van der Waals surface area (Å²) in [6, 6.07) is 15.5. The van der Waals surface area contributed by atoms with Crippen LogP contribution in [0.2, 0.25) is 0 Å². The van der Waals surface area contributed by atoms with E-state index in [0.717, 1.165) is 42.6 Å². The zero-order valence-electron chi connectivity index (χ0n) is 19.0. The molecule has 33 heavy (non-hydrogen) atoms. The molecule has 0 radical (unpaired) electrons. The number of likely N-dealkylation sites (N-methyl/N-ethyl adjacent to an activating group) is 1. The maximum Gasteiger partial charge on any atom is 0.488 e. The number of guanidine groups is 1. The summed E-state index contributed by atoms with van der Waals surface area (Å²) < 4.78 is 5.88. The van der Waals surface area contributed by atoms with Gasteiger partial charge in [0.15, 0.2) is 0 Å². The Morgan fingerprint density at radius 2 is 1.97 bits per heavy atom. The number of benzene rings is 2. The van der Waals surface area contributed by atoms with Crippen LogP contribution in [0.3, 0.4) is 0 Å². The third kappa shape index (κ3) is 5.48. The highest BCUT2D eigenvalue weighted by atomic mass is 16.5. The van der Waals surface area contributed by atoms with Crippen LogP contribution >= 0.6 is 0 Å². The third-order valence-electron chi connectivity index (χ3n) is 6.51. The van der Waals surface area contributed by atoms with Gasteiger partial charge in [0.2, 0.25) is 12.2 Å². The fraction of sp³-hybridized carbons (Fsp3) is 0.417. The maximum atomic E-state index is 9.34. The van der Waals surface area contributed by atoms with Gasteiger partial charge < -0.3 is 30.3 Å². The Bertz CT molecular complexity index is 1030. The van der Waals surface area contributed by atoms with Crippen LogP contribution in [0.4, 0.5) is 0 Å². The predicted molar refractivity (Wildman–Crippen MR) is 128 cm³/mol.